The molecular formula is C13H11F2N3O. The van der Waals surface area contributed by atoms with Crippen LogP contribution >= 0.6 is 0 Å². The minimum atomic E-state index is -0.841. The van der Waals surface area contributed by atoms with E-state index in [2.05, 4.69) is 10.3 Å². The molecule has 6 heteroatoms. The first-order valence-electron chi connectivity index (χ1n) is 5.46. The summed E-state index contributed by atoms with van der Waals surface area (Å²) in [5.41, 5.74) is 6.26. The molecule has 0 aliphatic heterocycles. The Kier molecular flexibility index (Phi) is 3.41. The number of aromatic nitrogens is 1. The summed E-state index contributed by atoms with van der Waals surface area (Å²) in [6, 6.07) is 5.81. The zero-order valence-electron chi connectivity index (χ0n) is 10.1. The van der Waals surface area contributed by atoms with E-state index in [4.69, 9.17) is 5.73 Å². The Balaban J connectivity index is 2.25. The van der Waals surface area contributed by atoms with Gasteiger partial charge in [0, 0.05) is 17.3 Å². The van der Waals surface area contributed by atoms with Crippen molar-refractivity contribution in [2.24, 2.45) is 0 Å². The van der Waals surface area contributed by atoms with Crippen molar-refractivity contribution in [3.8, 4) is 0 Å². The number of amides is 1. The van der Waals surface area contributed by atoms with Crippen LogP contribution in [0.2, 0.25) is 0 Å². The lowest BCUT2D eigenvalue weighted by Gasteiger charge is -2.07. The van der Waals surface area contributed by atoms with E-state index in [0.29, 0.717) is 11.8 Å². The SMILES string of the molecule is Cc1cc(C(=O)Nc2ccc(F)cc2F)cc(N)n1. The van der Waals surface area contributed by atoms with Crippen molar-refractivity contribution in [1.82, 2.24) is 4.98 Å². The van der Waals surface area contributed by atoms with Gasteiger partial charge in [-0.05, 0) is 31.2 Å². The number of nitrogens with zero attached hydrogens (tertiary/aromatic N) is 1. The predicted octanol–water partition coefficient (Wildman–Crippen LogP) is 2.50. The highest BCUT2D eigenvalue weighted by Crippen LogP contribution is 2.16. The van der Waals surface area contributed by atoms with Crippen LogP contribution in [0.5, 0.6) is 0 Å². The summed E-state index contributed by atoms with van der Waals surface area (Å²) in [7, 11) is 0. The number of rotatable bonds is 2. The number of nitrogens with two attached hydrogens (primary N) is 1. The van der Waals surface area contributed by atoms with Crippen molar-refractivity contribution < 1.29 is 13.6 Å². The van der Waals surface area contributed by atoms with Crippen molar-refractivity contribution in [3.63, 3.8) is 0 Å². The third kappa shape index (κ3) is 3.04. The smallest absolute Gasteiger partial charge is 0.255 e. The highest BCUT2D eigenvalue weighted by Gasteiger charge is 2.11. The number of nitrogen functional groups attached to an aromatic ring is 1. The molecule has 0 fully saturated rings. The van der Waals surface area contributed by atoms with E-state index in [1.54, 1.807) is 6.92 Å². The van der Waals surface area contributed by atoms with E-state index >= 15 is 0 Å². The molecule has 98 valence electrons. The molecule has 1 amide bonds. The Labute approximate surface area is 108 Å². The number of halogens is 2. The fourth-order valence-electron chi connectivity index (χ4n) is 1.61. The molecule has 0 saturated carbocycles. The third-order valence-electron chi connectivity index (χ3n) is 2.41. The Bertz CT molecular complexity index is 624. The minimum absolute atomic E-state index is 0.0977. The van der Waals surface area contributed by atoms with E-state index in [1.807, 2.05) is 0 Å². The van der Waals surface area contributed by atoms with Crippen LogP contribution < -0.4 is 11.1 Å². The second kappa shape index (κ2) is 5.01. The summed E-state index contributed by atoms with van der Waals surface area (Å²) in [6.07, 6.45) is 0. The Morgan fingerprint density at radius 3 is 2.63 bits per heavy atom. The predicted molar refractivity (Wildman–Crippen MR) is 67.7 cm³/mol. The Hall–Kier alpha value is -2.50. The van der Waals surface area contributed by atoms with E-state index in [0.717, 1.165) is 12.1 Å². The van der Waals surface area contributed by atoms with Gasteiger partial charge >= 0.3 is 0 Å². The first kappa shape index (κ1) is 12.9. The van der Waals surface area contributed by atoms with Gasteiger partial charge < -0.3 is 11.1 Å². The molecule has 0 saturated heterocycles. The van der Waals surface area contributed by atoms with Crippen molar-refractivity contribution in [2.45, 2.75) is 6.92 Å². The maximum atomic E-state index is 13.4. The van der Waals surface area contributed by atoms with E-state index in [1.165, 1.54) is 12.1 Å². The highest BCUT2D eigenvalue weighted by molar-refractivity contribution is 6.04. The molecule has 0 aliphatic rings. The molecule has 4 nitrogen and oxygen atoms in total. The molecule has 0 aliphatic carbocycles. The number of carbonyl (C=O) groups excluding carboxylic acids is 1. The molecule has 2 aromatic rings. The molecule has 0 unspecified atom stereocenters. The first-order chi connectivity index (χ1) is 8.95. The summed E-state index contributed by atoms with van der Waals surface area (Å²) in [4.78, 5) is 15.8. The zero-order valence-corrected chi connectivity index (χ0v) is 10.1. The molecule has 0 radical (unpaired) electrons. The van der Waals surface area contributed by atoms with Crippen LogP contribution in [0, 0.1) is 18.6 Å². The molecule has 3 N–H and O–H groups in total. The van der Waals surface area contributed by atoms with Crippen LogP contribution in [0.25, 0.3) is 0 Å². The van der Waals surface area contributed by atoms with Gasteiger partial charge in [-0.2, -0.15) is 0 Å². The number of hydrogen-bond donors (Lipinski definition) is 2. The van der Waals surface area contributed by atoms with Gasteiger partial charge in [0.1, 0.15) is 17.5 Å². The molecular weight excluding hydrogens is 252 g/mol. The number of carbonyl (C=O) groups is 1. The Morgan fingerprint density at radius 2 is 2.00 bits per heavy atom. The standard InChI is InChI=1S/C13H11F2N3O/c1-7-4-8(5-12(16)17-7)13(19)18-11-3-2-9(14)6-10(11)15/h2-6H,1H3,(H2,16,17)(H,18,19). The van der Waals surface area contributed by atoms with Gasteiger partial charge in [0.05, 0.1) is 5.69 Å². The summed E-state index contributed by atoms with van der Waals surface area (Å²) in [6.45, 7) is 1.69. The van der Waals surface area contributed by atoms with Crippen LogP contribution in [0.15, 0.2) is 30.3 Å². The van der Waals surface area contributed by atoms with Crippen LogP contribution in [0.4, 0.5) is 20.3 Å². The number of hydrogen-bond acceptors (Lipinski definition) is 3. The molecule has 1 aromatic carbocycles. The number of aryl methyl sites for hydroxylation is 1. The molecule has 19 heavy (non-hydrogen) atoms. The van der Waals surface area contributed by atoms with Gasteiger partial charge in [0.2, 0.25) is 0 Å². The van der Waals surface area contributed by atoms with Crippen molar-refractivity contribution in [3.05, 3.63) is 53.2 Å². The number of nitrogens with one attached hydrogen (secondary N) is 1. The molecule has 2 rings (SSSR count). The highest BCUT2D eigenvalue weighted by atomic mass is 19.1. The summed E-state index contributed by atoms with van der Waals surface area (Å²) < 4.78 is 26.1. The van der Waals surface area contributed by atoms with Crippen LogP contribution in [0.3, 0.4) is 0 Å². The van der Waals surface area contributed by atoms with Gasteiger partial charge in [-0.3, -0.25) is 4.79 Å². The molecule has 1 heterocycles. The summed E-state index contributed by atoms with van der Waals surface area (Å²) in [5.74, 6) is -1.89. The largest absolute Gasteiger partial charge is 0.384 e. The molecule has 0 bridgehead atoms. The maximum Gasteiger partial charge on any atom is 0.255 e. The lowest BCUT2D eigenvalue weighted by Crippen LogP contribution is -2.14. The molecule has 0 atom stereocenters. The second-order valence-corrected chi connectivity index (χ2v) is 4.00. The van der Waals surface area contributed by atoms with Gasteiger partial charge in [0.15, 0.2) is 0 Å². The van der Waals surface area contributed by atoms with E-state index in [9.17, 15) is 13.6 Å². The normalized spacial score (nSPS) is 10.3. The quantitative estimate of drug-likeness (QED) is 0.874. The van der Waals surface area contributed by atoms with Crippen molar-refractivity contribution in [2.75, 3.05) is 11.1 Å². The lowest BCUT2D eigenvalue weighted by atomic mass is 10.2. The first-order valence-corrected chi connectivity index (χ1v) is 5.46. The average Bonchev–Trinajstić information content (AvgIpc) is 2.31. The minimum Gasteiger partial charge on any atom is -0.384 e. The Morgan fingerprint density at radius 1 is 1.26 bits per heavy atom. The number of anilines is 2. The van der Waals surface area contributed by atoms with Gasteiger partial charge in [-0.1, -0.05) is 0 Å². The fraction of sp³-hybridized carbons (Fsp3) is 0.0769. The van der Waals surface area contributed by atoms with Gasteiger partial charge in [0.25, 0.3) is 5.91 Å². The van der Waals surface area contributed by atoms with E-state index in [-0.39, 0.29) is 17.1 Å². The van der Waals surface area contributed by atoms with Crippen molar-refractivity contribution in [1.29, 1.82) is 0 Å². The summed E-state index contributed by atoms with van der Waals surface area (Å²) >= 11 is 0. The van der Waals surface area contributed by atoms with Crippen molar-refractivity contribution >= 4 is 17.4 Å². The molecule has 1 aromatic heterocycles. The topological polar surface area (TPSA) is 68.0 Å². The lowest BCUT2D eigenvalue weighted by molar-refractivity contribution is 0.102. The zero-order chi connectivity index (χ0) is 14.0. The van der Waals surface area contributed by atoms with Gasteiger partial charge in [-0.25, -0.2) is 13.8 Å². The summed E-state index contributed by atoms with van der Waals surface area (Å²) in [5, 5.41) is 2.34. The number of benzene rings is 1. The monoisotopic (exact) mass is 263 g/mol. The second-order valence-electron chi connectivity index (χ2n) is 4.00. The number of pyridine rings is 1. The third-order valence-corrected chi connectivity index (χ3v) is 2.41. The van der Waals surface area contributed by atoms with Crippen LogP contribution in [-0.4, -0.2) is 10.9 Å². The van der Waals surface area contributed by atoms with Crippen LogP contribution in [0.1, 0.15) is 16.1 Å². The maximum absolute atomic E-state index is 13.4. The molecule has 0 spiro atoms. The fourth-order valence-corrected chi connectivity index (χ4v) is 1.61. The van der Waals surface area contributed by atoms with Crippen LogP contribution in [-0.2, 0) is 0 Å². The average molecular weight is 263 g/mol. The van der Waals surface area contributed by atoms with E-state index < -0.39 is 17.5 Å². The van der Waals surface area contributed by atoms with Gasteiger partial charge in [-0.15, -0.1) is 0 Å².